The zero-order chi connectivity index (χ0) is 13.9. The average Bonchev–Trinajstić information content (AvgIpc) is 2.47. The second-order valence-electron chi connectivity index (χ2n) is 4.71. The third-order valence-electron chi connectivity index (χ3n) is 3.35. The fourth-order valence-electron chi connectivity index (χ4n) is 2.23. The van der Waals surface area contributed by atoms with E-state index < -0.39 is 20.3 Å². The maximum atomic E-state index is 12.4. The van der Waals surface area contributed by atoms with Crippen LogP contribution < -0.4 is 0 Å². The standard InChI is InChI=1S/C13H18BrNO3S/c14-13(12(16)11-7-3-1-4-8-11)19(17,18)15-9-5-2-6-10-15/h1,3-4,7-8,12-13,16H,2,5-6,9-10H2/t12-,13-/m1/s1. The van der Waals surface area contributed by atoms with E-state index in [0.717, 1.165) is 19.3 Å². The highest BCUT2D eigenvalue weighted by molar-refractivity contribution is 9.11. The Hall–Kier alpha value is -0.430. The van der Waals surface area contributed by atoms with E-state index >= 15 is 0 Å². The number of hydrogen-bond acceptors (Lipinski definition) is 3. The van der Waals surface area contributed by atoms with Crippen molar-refractivity contribution >= 4 is 26.0 Å². The minimum Gasteiger partial charge on any atom is -0.386 e. The molecule has 106 valence electrons. The molecule has 1 fully saturated rings. The van der Waals surface area contributed by atoms with Gasteiger partial charge in [-0.2, -0.15) is 0 Å². The molecule has 1 heterocycles. The van der Waals surface area contributed by atoms with Crippen molar-refractivity contribution in [2.45, 2.75) is 29.5 Å². The minimum atomic E-state index is -3.51. The first-order valence-electron chi connectivity index (χ1n) is 6.39. The molecule has 0 unspecified atom stereocenters. The Kier molecular flexibility index (Phi) is 5.00. The van der Waals surface area contributed by atoms with Gasteiger partial charge in [0.25, 0.3) is 0 Å². The molecule has 0 saturated carbocycles. The summed E-state index contributed by atoms with van der Waals surface area (Å²) in [7, 11) is -3.51. The Morgan fingerprint density at radius 3 is 2.26 bits per heavy atom. The van der Waals surface area contributed by atoms with E-state index in [0.29, 0.717) is 18.7 Å². The molecule has 0 aromatic heterocycles. The number of aliphatic hydroxyl groups is 1. The SMILES string of the molecule is O=S(=O)([C@@H](Br)[C@H](O)c1ccccc1)N1CCCCC1. The van der Waals surface area contributed by atoms with E-state index in [4.69, 9.17) is 0 Å². The number of piperidine rings is 1. The summed E-state index contributed by atoms with van der Waals surface area (Å²) in [6.45, 7) is 1.10. The van der Waals surface area contributed by atoms with Gasteiger partial charge in [0.15, 0.2) is 4.16 Å². The summed E-state index contributed by atoms with van der Waals surface area (Å²) in [4.78, 5) is 0. The molecule has 1 saturated heterocycles. The molecule has 1 aliphatic rings. The summed E-state index contributed by atoms with van der Waals surface area (Å²) in [6.07, 6.45) is 1.79. The molecule has 1 N–H and O–H groups in total. The number of rotatable bonds is 4. The lowest BCUT2D eigenvalue weighted by Gasteiger charge is -2.29. The zero-order valence-corrected chi connectivity index (χ0v) is 13.0. The van der Waals surface area contributed by atoms with Crippen LogP contribution in [0.15, 0.2) is 30.3 Å². The van der Waals surface area contributed by atoms with Crippen LogP contribution >= 0.6 is 15.9 Å². The van der Waals surface area contributed by atoms with Crippen LogP contribution in [0, 0.1) is 0 Å². The Labute approximate surface area is 122 Å². The molecular weight excluding hydrogens is 330 g/mol. The Morgan fingerprint density at radius 2 is 1.68 bits per heavy atom. The molecular formula is C13H18BrNO3S. The third-order valence-corrected chi connectivity index (χ3v) is 7.18. The number of sulfonamides is 1. The van der Waals surface area contributed by atoms with Gasteiger partial charge in [-0.05, 0) is 18.4 Å². The topological polar surface area (TPSA) is 57.6 Å². The predicted octanol–water partition coefficient (Wildman–Crippen LogP) is 2.26. The first-order chi connectivity index (χ1) is 9.03. The van der Waals surface area contributed by atoms with Gasteiger partial charge in [-0.15, -0.1) is 0 Å². The van der Waals surface area contributed by atoms with Crippen molar-refractivity contribution in [2.24, 2.45) is 0 Å². The van der Waals surface area contributed by atoms with Crippen LogP contribution in [-0.4, -0.2) is 35.1 Å². The Morgan fingerprint density at radius 1 is 1.11 bits per heavy atom. The molecule has 19 heavy (non-hydrogen) atoms. The summed E-state index contributed by atoms with van der Waals surface area (Å²) in [5, 5.41) is 10.2. The lowest BCUT2D eigenvalue weighted by atomic mass is 10.1. The molecule has 6 heteroatoms. The van der Waals surface area contributed by atoms with E-state index in [-0.39, 0.29) is 0 Å². The molecule has 2 atom stereocenters. The maximum Gasteiger partial charge on any atom is 0.229 e. The van der Waals surface area contributed by atoms with Gasteiger partial charge in [-0.3, -0.25) is 0 Å². The van der Waals surface area contributed by atoms with Crippen molar-refractivity contribution in [1.29, 1.82) is 0 Å². The first-order valence-corrected chi connectivity index (χ1v) is 8.81. The van der Waals surface area contributed by atoms with Gasteiger partial charge in [-0.25, -0.2) is 12.7 Å². The van der Waals surface area contributed by atoms with E-state index in [1.54, 1.807) is 24.3 Å². The van der Waals surface area contributed by atoms with E-state index in [1.807, 2.05) is 6.07 Å². The van der Waals surface area contributed by atoms with Crippen LogP contribution in [0.5, 0.6) is 0 Å². The lowest BCUT2D eigenvalue weighted by molar-refractivity contribution is 0.191. The summed E-state index contributed by atoms with van der Waals surface area (Å²) >= 11 is 3.16. The van der Waals surface area contributed by atoms with Crippen LogP contribution in [0.25, 0.3) is 0 Å². The molecule has 0 spiro atoms. The van der Waals surface area contributed by atoms with Crippen LogP contribution in [0.2, 0.25) is 0 Å². The second-order valence-corrected chi connectivity index (χ2v) is 8.36. The zero-order valence-electron chi connectivity index (χ0n) is 10.6. The molecule has 0 amide bonds. The predicted molar refractivity (Wildman–Crippen MR) is 78.5 cm³/mol. The number of hydrogen-bond donors (Lipinski definition) is 1. The molecule has 0 bridgehead atoms. The van der Waals surface area contributed by atoms with Crippen molar-refractivity contribution in [3.05, 3.63) is 35.9 Å². The van der Waals surface area contributed by atoms with Crippen molar-refractivity contribution < 1.29 is 13.5 Å². The number of alkyl halides is 1. The van der Waals surface area contributed by atoms with Gasteiger partial charge in [0.1, 0.15) is 6.10 Å². The van der Waals surface area contributed by atoms with Crippen LogP contribution in [0.3, 0.4) is 0 Å². The molecule has 2 rings (SSSR count). The molecule has 0 radical (unpaired) electrons. The number of nitrogens with zero attached hydrogens (tertiary/aromatic N) is 1. The van der Waals surface area contributed by atoms with Crippen molar-refractivity contribution in [3.8, 4) is 0 Å². The van der Waals surface area contributed by atoms with Crippen molar-refractivity contribution in [1.82, 2.24) is 4.31 Å². The highest BCUT2D eigenvalue weighted by atomic mass is 79.9. The fourth-order valence-corrected chi connectivity index (χ4v) is 4.78. The van der Waals surface area contributed by atoms with Crippen LogP contribution in [-0.2, 0) is 10.0 Å². The number of aliphatic hydroxyl groups excluding tert-OH is 1. The molecule has 1 aliphatic heterocycles. The quantitative estimate of drug-likeness (QED) is 0.850. The van der Waals surface area contributed by atoms with Gasteiger partial charge >= 0.3 is 0 Å². The second kappa shape index (κ2) is 6.35. The fraction of sp³-hybridized carbons (Fsp3) is 0.538. The Balaban J connectivity index is 2.15. The van der Waals surface area contributed by atoms with E-state index in [9.17, 15) is 13.5 Å². The first kappa shape index (κ1) is 15.0. The molecule has 4 nitrogen and oxygen atoms in total. The summed E-state index contributed by atoms with van der Waals surface area (Å²) in [5.41, 5.74) is 0.602. The molecule has 1 aromatic carbocycles. The normalized spacial score (nSPS) is 20.9. The van der Waals surface area contributed by atoms with Gasteiger partial charge in [0.2, 0.25) is 10.0 Å². The van der Waals surface area contributed by atoms with Gasteiger partial charge in [0, 0.05) is 13.1 Å². The highest BCUT2D eigenvalue weighted by Gasteiger charge is 2.36. The molecule has 1 aromatic rings. The summed E-state index contributed by atoms with van der Waals surface area (Å²) in [5.74, 6) is 0. The Bertz CT molecular complexity index is 500. The van der Waals surface area contributed by atoms with Gasteiger partial charge in [0.05, 0.1) is 0 Å². The number of benzene rings is 1. The number of halogens is 1. The van der Waals surface area contributed by atoms with Crippen LogP contribution in [0.4, 0.5) is 0 Å². The van der Waals surface area contributed by atoms with E-state index in [2.05, 4.69) is 15.9 Å². The average molecular weight is 348 g/mol. The van der Waals surface area contributed by atoms with E-state index in [1.165, 1.54) is 4.31 Å². The monoisotopic (exact) mass is 347 g/mol. The highest BCUT2D eigenvalue weighted by Crippen LogP contribution is 2.30. The minimum absolute atomic E-state index is 0.548. The van der Waals surface area contributed by atoms with Crippen molar-refractivity contribution in [3.63, 3.8) is 0 Å². The van der Waals surface area contributed by atoms with Gasteiger partial charge < -0.3 is 5.11 Å². The molecule has 0 aliphatic carbocycles. The maximum absolute atomic E-state index is 12.4. The summed E-state index contributed by atoms with van der Waals surface area (Å²) < 4.78 is 25.3. The smallest absolute Gasteiger partial charge is 0.229 e. The van der Waals surface area contributed by atoms with Gasteiger partial charge in [-0.1, -0.05) is 52.7 Å². The van der Waals surface area contributed by atoms with Crippen molar-refractivity contribution in [2.75, 3.05) is 13.1 Å². The largest absolute Gasteiger partial charge is 0.386 e. The summed E-state index contributed by atoms with van der Waals surface area (Å²) in [6, 6.07) is 8.85. The lowest BCUT2D eigenvalue weighted by Crippen LogP contribution is -2.41. The van der Waals surface area contributed by atoms with Crippen LogP contribution in [0.1, 0.15) is 30.9 Å². The third kappa shape index (κ3) is 3.37.